The SMILES string of the molecule is COc1ccc(C[NH+](C)CC(=O)NCc2ccccc2OC)cc1F. The number of carbonyl (C=O) groups excluding carboxylic acids is 1. The molecule has 5 nitrogen and oxygen atoms in total. The topological polar surface area (TPSA) is 52.0 Å². The highest BCUT2D eigenvalue weighted by molar-refractivity contribution is 5.76. The Labute approximate surface area is 147 Å². The summed E-state index contributed by atoms with van der Waals surface area (Å²) in [6, 6.07) is 12.4. The van der Waals surface area contributed by atoms with E-state index in [1.165, 1.54) is 13.2 Å². The third-order valence-corrected chi connectivity index (χ3v) is 3.85. The lowest BCUT2D eigenvalue weighted by Crippen LogP contribution is -3.08. The van der Waals surface area contributed by atoms with Crippen LogP contribution in [0.2, 0.25) is 0 Å². The first-order valence-electron chi connectivity index (χ1n) is 8.05. The second-order valence-electron chi connectivity index (χ2n) is 5.87. The minimum atomic E-state index is -0.395. The van der Waals surface area contributed by atoms with Gasteiger partial charge in [-0.1, -0.05) is 18.2 Å². The highest BCUT2D eigenvalue weighted by atomic mass is 19.1. The summed E-state index contributed by atoms with van der Waals surface area (Å²) in [5, 5.41) is 2.89. The Kier molecular flexibility index (Phi) is 6.77. The first kappa shape index (κ1) is 18.7. The average Bonchev–Trinajstić information content (AvgIpc) is 2.60. The Balaban J connectivity index is 1.84. The maximum absolute atomic E-state index is 13.7. The molecule has 2 aromatic rings. The molecule has 0 aliphatic carbocycles. The van der Waals surface area contributed by atoms with Gasteiger partial charge in [-0.2, -0.15) is 0 Å². The van der Waals surface area contributed by atoms with Gasteiger partial charge in [0.1, 0.15) is 12.3 Å². The van der Waals surface area contributed by atoms with Crippen LogP contribution in [0.5, 0.6) is 11.5 Å². The van der Waals surface area contributed by atoms with Crippen molar-refractivity contribution in [1.82, 2.24) is 5.32 Å². The van der Waals surface area contributed by atoms with Crippen molar-refractivity contribution in [3.05, 3.63) is 59.4 Å². The van der Waals surface area contributed by atoms with Crippen LogP contribution in [0.15, 0.2) is 42.5 Å². The first-order valence-corrected chi connectivity index (χ1v) is 8.05. The predicted molar refractivity (Wildman–Crippen MR) is 93.3 cm³/mol. The van der Waals surface area contributed by atoms with Crippen molar-refractivity contribution < 1.29 is 23.6 Å². The highest BCUT2D eigenvalue weighted by Crippen LogP contribution is 2.17. The quantitative estimate of drug-likeness (QED) is 0.754. The Morgan fingerprint density at radius 1 is 1.12 bits per heavy atom. The minimum Gasteiger partial charge on any atom is -0.496 e. The van der Waals surface area contributed by atoms with Crippen molar-refractivity contribution in [1.29, 1.82) is 0 Å². The number of para-hydroxylation sites is 1. The van der Waals surface area contributed by atoms with Crippen LogP contribution in [0.3, 0.4) is 0 Å². The number of hydrogen-bond donors (Lipinski definition) is 2. The van der Waals surface area contributed by atoms with E-state index < -0.39 is 5.82 Å². The Morgan fingerprint density at radius 2 is 1.84 bits per heavy atom. The molecule has 0 heterocycles. The zero-order valence-electron chi connectivity index (χ0n) is 14.8. The first-order chi connectivity index (χ1) is 12.0. The maximum Gasteiger partial charge on any atom is 0.275 e. The fraction of sp³-hybridized carbons (Fsp3) is 0.316. The van der Waals surface area contributed by atoms with Crippen molar-refractivity contribution in [2.75, 3.05) is 27.8 Å². The normalized spacial score (nSPS) is 11.7. The van der Waals surface area contributed by atoms with Gasteiger partial charge in [-0.25, -0.2) is 4.39 Å². The maximum atomic E-state index is 13.7. The van der Waals surface area contributed by atoms with Gasteiger partial charge in [-0.3, -0.25) is 4.79 Å². The average molecular weight is 347 g/mol. The van der Waals surface area contributed by atoms with E-state index in [1.807, 2.05) is 31.3 Å². The molecule has 0 spiro atoms. The van der Waals surface area contributed by atoms with Crippen molar-refractivity contribution >= 4 is 5.91 Å². The van der Waals surface area contributed by atoms with Gasteiger partial charge in [-0.15, -0.1) is 0 Å². The molecule has 0 aliphatic heterocycles. The third-order valence-electron chi connectivity index (χ3n) is 3.85. The molecule has 0 radical (unpaired) electrons. The van der Waals surface area contributed by atoms with E-state index in [2.05, 4.69) is 5.32 Å². The number of nitrogens with one attached hydrogen (secondary N) is 2. The van der Waals surface area contributed by atoms with E-state index in [0.29, 0.717) is 19.6 Å². The summed E-state index contributed by atoms with van der Waals surface area (Å²) in [5.74, 6) is 0.499. The van der Waals surface area contributed by atoms with E-state index in [1.54, 1.807) is 19.2 Å². The molecule has 1 atom stereocenters. The van der Waals surface area contributed by atoms with Gasteiger partial charge < -0.3 is 19.7 Å². The predicted octanol–water partition coefficient (Wildman–Crippen LogP) is 1.17. The number of likely N-dealkylation sites (N-methyl/N-ethyl adjacent to an activating group) is 1. The molecule has 0 bridgehead atoms. The van der Waals surface area contributed by atoms with Crippen LogP contribution in [0, 0.1) is 5.82 Å². The molecule has 1 amide bonds. The van der Waals surface area contributed by atoms with Gasteiger partial charge in [0, 0.05) is 17.7 Å². The Bertz CT molecular complexity index is 722. The summed E-state index contributed by atoms with van der Waals surface area (Å²) in [6.45, 7) is 1.25. The molecule has 1 unspecified atom stereocenters. The summed E-state index contributed by atoms with van der Waals surface area (Å²) < 4.78 is 23.9. The van der Waals surface area contributed by atoms with Gasteiger partial charge in [-0.05, 0) is 24.3 Å². The van der Waals surface area contributed by atoms with Crippen molar-refractivity contribution in [3.8, 4) is 11.5 Å². The van der Waals surface area contributed by atoms with E-state index in [4.69, 9.17) is 9.47 Å². The molecule has 2 rings (SSSR count). The van der Waals surface area contributed by atoms with Crippen LogP contribution in [0.25, 0.3) is 0 Å². The fourth-order valence-corrected chi connectivity index (χ4v) is 2.61. The van der Waals surface area contributed by atoms with Crippen LogP contribution in [0.1, 0.15) is 11.1 Å². The minimum absolute atomic E-state index is 0.0719. The lowest BCUT2D eigenvalue weighted by atomic mass is 10.2. The fourth-order valence-electron chi connectivity index (χ4n) is 2.61. The van der Waals surface area contributed by atoms with Gasteiger partial charge >= 0.3 is 0 Å². The van der Waals surface area contributed by atoms with E-state index in [0.717, 1.165) is 21.8 Å². The van der Waals surface area contributed by atoms with E-state index in [9.17, 15) is 9.18 Å². The summed E-state index contributed by atoms with van der Waals surface area (Å²) >= 11 is 0. The number of ether oxygens (including phenoxy) is 2. The van der Waals surface area contributed by atoms with Gasteiger partial charge in [0.15, 0.2) is 18.1 Å². The summed E-state index contributed by atoms with van der Waals surface area (Å²) in [6.07, 6.45) is 0. The van der Waals surface area contributed by atoms with Crippen LogP contribution < -0.4 is 19.7 Å². The third kappa shape index (κ3) is 5.46. The lowest BCUT2D eigenvalue weighted by molar-refractivity contribution is -0.885. The molecule has 6 heteroatoms. The molecule has 0 aromatic heterocycles. The number of amides is 1. The molecule has 2 aromatic carbocycles. The van der Waals surface area contributed by atoms with Gasteiger partial charge in [0.25, 0.3) is 5.91 Å². The molecule has 0 fully saturated rings. The van der Waals surface area contributed by atoms with E-state index >= 15 is 0 Å². The molecule has 2 N–H and O–H groups in total. The van der Waals surface area contributed by atoms with Crippen molar-refractivity contribution in [2.45, 2.75) is 13.1 Å². The molecular weight excluding hydrogens is 323 g/mol. The standard InChI is InChI=1S/C19H23FN2O3/c1-22(12-14-8-9-18(25-3)16(20)10-14)13-19(23)21-11-15-6-4-5-7-17(15)24-2/h4-10H,11-13H2,1-3H3,(H,21,23)/p+1. The summed E-state index contributed by atoms with van der Waals surface area (Å²) in [7, 11) is 4.93. The second-order valence-corrected chi connectivity index (χ2v) is 5.87. The molecule has 0 aliphatic rings. The summed E-state index contributed by atoms with van der Waals surface area (Å²) in [5.41, 5.74) is 1.74. The monoisotopic (exact) mass is 347 g/mol. The van der Waals surface area contributed by atoms with Gasteiger partial charge in [0.05, 0.1) is 21.3 Å². The number of rotatable bonds is 8. The number of carbonyl (C=O) groups is 1. The lowest BCUT2D eigenvalue weighted by Gasteiger charge is -2.15. The number of quaternary nitrogens is 1. The van der Waals surface area contributed by atoms with Crippen LogP contribution in [0.4, 0.5) is 4.39 Å². The van der Waals surface area contributed by atoms with E-state index in [-0.39, 0.29) is 11.7 Å². The number of hydrogen-bond acceptors (Lipinski definition) is 3. The Morgan fingerprint density at radius 3 is 2.52 bits per heavy atom. The molecular formula is C19H24FN2O3+. The molecule has 25 heavy (non-hydrogen) atoms. The Hall–Kier alpha value is -2.60. The van der Waals surface area contributed by atoms with Crippen molar-refractivity contribution in [3.63, 3.8) is 0 Å². The molecule has 0 saturated carbocycles. The van der Waals surface area contributed by atoms with Crippen LogP contribution in [-0.2, 0) is 17.9 Å². The smallest absolute Gasteiger partial charge is 0.275 e. The number of benzene rings is 2. The zero-order chi connectivity index (χ0) is 18.2. The highest BCUT2D eigenvalue weighted by Gasteiger charge is 2.13. The second kappa shape index (κ2) is 9.03. The zero-order valence-corrected chi connectivity index (χ0v) is 14.8. The number of methoxy groups -OCH3 is 2. The molecule has 134 valence electrons. The van der Waals surface area contributed by atoms with Crippen LogP contribution in [-0.4, -0.2) is 33.7 Å². The largest absolute Gasteiger partial charge is 0.496 e. The van der Waals surface area contributed by atoms with Crippen LogP contribution >= 0.6 is 0 Å². The van der Waals surface area contributed by atoms with Crippen molar-refractivity contribution in [2.24, 2.45) is 0 Å². The van der Waals surface area contributed by atoms with Gasteiger partial charge in [0.2, 0.25) is 0 Å². The number of halogens is 1. The summed E-state index contributed by atoms with van der Waals surface area (Å²) in [4.78, 5) is 13.1. The molecule has 0 saturated heterocycles.